The highest BCUT2D eigenvalue weighted by atomic mass is 32.1. The fraction of sp³-hybridized carbons (Fsp3) is 0.381. The summed E-state index contributed by atoms with van der Waals surface area (Å²) in [7, 11) is 0. The fourth-order valence-electron chi connectivity index (χ4n) is 1.86. The van der Waals surface area contributed by atoms with E-state index in [4.69, 9.17) is 5.73 Å². The van der Waals surface area contributed by atoms with E-state index >= 15 is 0 Å². The first-order chi connectivity index (χ1) is 12.8. The first-order valence-electron chi connectivity index (χ1n) is 9.01. The second kappa shape index (κ2) is 11.4. The van der Waals surface area contributed by atoms with Crippen LogP contribution < -0.4 is 11.1 Å². The van der Waals surface area contributed by atoms with E-state index in [1.165, 1.54) is 24.7 Å². The number of anilines is 1. The number of carbonyl (C=O) groups excluding carboxylic acids is 2. The second-order valence-corrected chi connectivity index (χ2v) is 7.47. The van der Waals surface area contributed by atoms with E-state index < -0.39 is 0 Å². The monoisotopic (exact) mass is 387 g/mol. The molecule has 3 N–H and O–H groups in total. The molecule has 0 spiro atoms. The van der Waals surface area contributed by atoms with Crippen LogP contribution in [0.3, 0.4) is 0 Å². The smallest absolute Gasteiger partial charge is 0.239 e. The number of allylic oxidation sites excluding steroid dienone is 1. The number of ketones is 1. The molecule has 0 saturated carbocycles. The van der Waals surface area contributed by atoms with Crippen molar-refractivity contribution in [1.82, 2.24) is 4.98 Å². The van der Waals surface area contributed by atoms with Gasteiger partial charge in [-0.1, -0.05) is 45.4 Å². The van der Waals surface area contributed by atoms with Gasteiger partial charge in [0.1, 0.15) is 0 Å². The number of benzene rings is 1. The van der Waals surface area contributed by atoms with Crippen LogP contribution >= 0.6 is 11.3 Å². The summed E-state index contributed by atoms with van der Waals surface area (Å²) in [6.07, 6.45) is 4.65. The lowest BCUT2D eigenvalue weighted by Crippen LogP contribution is -2.21. The molecule has 0 aliphatic rings. The van der Waals surface area contributed by atoms with Crippen molar-refractivity contribution in [3.63, 3.8) is 0 Å². The summed E-state index contributed by atoms with van der Waals surface area (Å²) in [6, 6.07) is 5.89. The van der Waals surface area contributed by atoms with E-state index in [9.17, 15) is 9.59 Å². The summed E-state index contributed by atoms with van der Waals surface area (Å²) in [6.45, 7) is 10.1. The Balaban J connectivity index is 0.000000646. The molecule has 27 heavy (non-hydrogen) atoms. The third-order valence-electron chi connectivity index (χ3n) is 3.82. The van der Waals surface area contributed by atoms with Crippen molar-refractivity contribution >= 4 is 34.2 Å². The zero-order valence-electron chi connectivity index (χ0n) is 16.7. The maximum atomic E-state index is 11.2. The van der Waals surface area contributed by atoms with Gasteiger partial charge in [-0.15, -0.1) is 11.3 Å². The van der Waals surface area contributed by atoms with Crippen LogP contribution in [0.4, 0.5) is 5.13 Å². The Morgan fingerprint density at radius 2 is 2.00 bits per heavy atom. The Hall–Kier alpha value is -2.31. The average molecular weight is 388 g/mol. The molecule has 0 saturated heterocycles. The molecule has 0 atom stereocenters. The van der Waals surface area contributed by atoms with Crippen LogP contribution in [-0.2, 0) is 9.59 Å². The molecule has 0 radical (unpaired) electrons. The van der Waals surface area contributed by atoms with Gasteiger partial charge in [-0.2, -0.15) is 0 Å². The van der Waals surface area contributed by atoms with Crippen molar-refractivity contribution in [2.24, 2.45) is 11.7 Å². The average Bonchev–Trinajstić information content (AvgIpc) is 3.09. The minimum Gasteiger partial charge on any atom is -0.322 e. The number of carbonyl (C=O) groups is 2. The van der Waals surface area contributed by atoms with Crippen molar-refractivity contribution in [2.45, 2.75) is 41.0 Å². The summed E-state index contributed by atoms with van der Waals surface area (Å²) in [5.74, 6) is 0.639. The first-order valence-corrected chi connectivity index (χ1v) is 9.89. The van der Waals surface area contributed by atoms with Crippen LogP contribution in [0.15, 0.2) is 29.7 Å². The zero-order chi connectivity index (χ0) is 20.4. The highest BCUT2D eigenvalue weighted by Gasteiger charge is 2.08. The van der Waals surface area contributed by atoms with Gasteiger partial charge >= 0.3 is 0 Å². The number of nitrogens with one attached hydrogen (secondary N) is 1. The lowest BCUT2D eigenvalue weighted by Gasteiger charge is -2.03. The molecule has 146 valence electrons. The van der Waals surface area contributed by atoms with Gasteiger partial charge in [0.2, 0.25) is 5.91 Å². The first kappa shape index (κ1) is 22.7. The molecule has 1 heterocycles. The standard InChI is InChI=1S/C16H17N3O2S.C5H12/c1-10-7-13(6-5-12(10)4-3-11(2)20)14-9-22-16(18-14)19-15(21)8-17;1-4-5(2)3/h3-7,9H,8,17H2,1-2H3,(H,18,19,21);5H,4H2,1-3H3/b4-3-;. The van der Waals surface area contributed by atoms with Crippen molar-refractivity contribution in [3.8, 4) is 11.3 Å². The molecule has 1 aromatic heterocycles. The minimum atomic E-state index is -0.262. The van der Waals surface area contributed by atoms with Crippen molar-refractivity contribution < 1.29 is 9.59 Å². The molecule has 0 aliphatic carbocycles. The van der Waals surface area contributed by atoms with Gasteiger partial charge < -0.3 is 11.1 Å². The van der Waals surface area contributed by atoms with Crippen molar-refractivity contribution in [1.29, 1.82) is 0 Å². The van der Waals surface area contributed by atoms with Crippen LogP contribution in [-0.4, -0.2) is 23.2 Å². The van der Waals surface area contributed by atoms with Gasteiger partial charge in [0.15, 0.2) is 10.9 Å². The normalized spacial score (nSPS) is 10.6. The highest BCUT2D eigenvalue weighted by Crippen LogP contribution is 2.26. The quantitative estimate of drug-likeness (QED) is 0.705. The molecule has 1 amide bonds. The van der Waals surface area contributed by atoms with E-state index in [0.717, 1.165) is 28.3 Å². The molecule has 0 bridgehead atoms. The molecular formula is C21H29N3O2S. The number of nitrogens with zero attached hydrogens (tertiary/aromatic N) is 1. The fourth-order valence-corrected chi connectivity index (χ4v) is 2.60. The van der Waals surface area contributed by atoms with Crippen molar-refractivity contribution in [2.75, 3.05) is 11.9 Å². The molecule has 1 aromatic carbocycles. The summed E-state index contributed by atoms with van der Waals surface area (Å²) < 4.78 is 0. The number of aromatic nitrogens is 1. The van der Waals surface area contributed by atoms with Gasteiger partial charge in [-0.3, -0.25) is 9.59 Å². The summed E-state index contributed by atoms with van der Waals surface area (Å²) in [5.41, 5.74) is 9.06. The van der Waals surface area contributed by atoms with Gasteiger partial charge in [-0.25, -0.2) is 4.98 Å². The highest BCUT2D eigenvalue weighted by molar-refractivity contribution is 7.14. The summed E-state index contributed by atoms with van der Waals surface area (Å²) >= 11 is 1.36. The van der Waals surface area contributed by atoms with E-state index in [1.54, 1.807) is 12.2 Å². The van der Waals surface area contributed by atoms with Gasteiger partial charge in [-0.05, 0) is 43.0 Å². The number of amides is 1. The third-order valence-corrected chi connectivity index (χ3v) is 4.57. The van der Waals surface area contributed by atoms with Crippen LogP contribution in [0, 0.1) is 12.8 Å². The third kappa shape index (κ3) is 8.28. The molecule has 2 aromatic rings. The SMILES string of the molecule is CC(=O)/C=C\c1ccc(-c2csc(NC(=O)CN)n2)cc1C.CCC(C)C. The Morgan fingerprint density at radius 1 is 1.33 bits per heavy atom. The molecule has 0 aliphatic heterocycles. The summed E-state index contributed by atoms with van der Waals surface area (Å²) in [4.78, 5) is 26.6. The maximum absolute atomic E-state index is 11.2. The van der Waals surface area contributed by atoms with Crippen LogP contribution in [0.1, 0.15) is 45.2 Å². The Kier molecular flexibility index (Phi) is 9.61. The molecule has 5 nitrogen and oxygen atoms in total. The predicted molar refractivity (Wildman–Crippen MR) is 115 cm³/mol. The minimum absolute atomic E-state index is 0.0169. The van der Waals surface area contributed by atoms with Gasteiger partial charge in [0.05, 0.1) is 12.2 Å². The van der Waals surface area contributed by atoms with Crippen LogP contribution in [0.25, 0.3) is 17.3 Å². The number of rotatable bonds is 6. The Bertz CT molecular complexity index is 794. The lowest BCUT2D eigenvalue weighted by molar-refractivity contribution is -0.115. The van der Waals surface area contributed by atoms with Crippen molar-refractivity contribution in [3.05, 3.63) is 40.8 Å². The second-order valence-electron chi connectivity index (χ2n) is 6.61. The summed E-state index contributed by atoms with van der Waals surface area (Å²) in [5, 5.41) is 5.05. The number of hydrogen-bond acceptors (Lipinski definition) is 5. The molecule has 0 fully saturated rings. The van der Waals surface area contributed by atoms with Crippen LogP contribution in [0.2, 0.25) is 0 Å². The van der Waals surface area contributed by atoms with Gasteiger partial charge in [0.25, 0.3) is 0 Å². The van der Waals surface area contributed by atoms with Crippen LogP contribution in [0.5, 0.6) is 0 Å². The number of nitrogens with two attached hydrogens (primary N) is 1. The molecular weight excluding hydrogens is 358 g/mol. The zero-order valence-corrected chi connectivity index (χ0v) is 17.5. The molecule has 6 heteroatoms. The number of thiazole rings is 1. The number of hydrogen-bond donors (Lipinski definition) is 2. The Labute approximate surface area is 165 Å². The van der Waals surface area contributed by atoms with E-state index in [2.05, 4.69) is 31.1 Å². The van der Waals surface area contributed by atoms with Gasteiger partial charge in [0, 0.05) is 10.9 Å². The lowest BCUT2D eigenvalue weighted by atomic mass is 10.0. The van der Waals surface area contributed by atoms with E-state index in [-0.39, 0.29) is 18.2 Å². The predicted octanol–water partition coefficient (Wildman–Crippen LogP) is 4.67. The topological polar surface area (TPSA) is 85.1 Å². The Morgan fingerprint density at radius 3 is 2.52 bits per heavy atom. The number of aryl methyl sites for hydroxylation is 1. The molecule has 0 unspecified atom stereocenters. The van der Waals surface area contributed by atoms with E-state index in [0.29, 0.717) is 5.13 Å². The van der Waals surface area contributed by atoms with E-state index in [1.807, 2.05) is 30.5 Å². The largest absolute Gasteiger partial charge is 0.322 e. The molecule has 2 rings (SSSR count). The maximum Gasteiger partial charge on any atom is 0.239 e.